The van der Waals surface area contributed by atoms with Crippen molar-refractivity contribution >= 4 is 5.91 Å². The third kappa shape index (κ3) is 2.70. The van der Waals surface area contributed by atoms with Crippen LogP contribution in [0.1, 0.15) is 28.0 Å². The first kappa shape index (κ1) is 13.5. The highest BCUT2D eigenvalue weighted by molar-refractivity contribution is 5.93. The Balaban J connectivity index is 1.79. The zero-order valence-corrected chi connectivity index (χ0v) is 11.5. The molecule has 8 nitrogen and oxygen atoms in total. The van der Waals surface area contributed by atoms with Crippen molar-refractivity contribution in [1.29, 1.82) is 0 Å². The van der Waals surface area contributed by atoms with Crippen molar-refractivity contribution in [3.63, 3.8) is 0 Å². The molecule has 0 bridgehead atoms. The molecule has 3 heterocycles. The number of carbonyl (C=O) groups excluding carboxylic acids is 1. The van der Waals surface area contributed by atoms with E-state index in [0.717, 1.165) is 5.69 Å². The number of carbonyl (C=O) groups is 1. The molecular formula is C13H15N5O3. The van der Waals surface area contributed by atoms with Crippen LogP contribution in [0, 0.1) is 6.92 Å². The molecule has 0 aromatic carbocycles. The third-order valence-corrected chi connectivity index (χ3v) is 3.33. The van der Waals surface area contributed by atoms with E-state index in [9.17, 15) is 9.59 Å². The predicted octanol–water partition coefficient (Wildman–Crippen LogP) is 0.0151. The second kappa shape index (κ2) is 5.49. The molecule has 2 N–H and O–H groups in total. The van der Waals surface area contributed by atoms with Crippen molar-refractivity contribution in [2.24, 2.45) is 0 Å². The van der Waals surface area contributed by atoms with Crippen LogP contribution in [0.3, 0.4) is 0 Å². The molecular weight excluding hydrogens is 274 g/mol. The number of morpholine rings is 1. The summed E-state index contributed by atoms with van der Waals surface area (Å²) in [6.07, 6.45) is 3.94. The van der Waals surface area contributed by atoms with Crippen molar-refractivity contribution in [3.8, 4) is 0 Å². The molecule has 1 unspecified atom stereocenters. The first-order valence-electron chi connectivity index (χ1n) is 6.60. The van der Waals surface area contributed by atoms with Crippen LogP contribution in [0.25, 0.3) is 0 Å². The number of hydrogen-bond acceptors (Lipinski definition) is 5. The van der Waals surface area contributed by atoms with Gasteiger partial charge in [-0.25, -0.2) is 9.97 Å². The lowest BCUT2D eigenvalue weighted by Gasteiger charge is -2.31. The number of ether oxygens (including phenoxy) is 1. The Bertz CT molecular complexity index is 708. The molecule has 2 aromatic rings. The van der Waals surface area contributed by atoms with E-state index in [1.165, 1.54) is 12.5 Å². The summed E-state index contributed by atoms with van der Waals surface area (Å²) in [4.78, 5) is 39.1. The highest BCUT2D eigenvalue weighted by atomic mass is 16.5. The Kier molecular flexibility index (Phi) is 3.53. The van der Waals surface area contributed by atoms with Gasteiger partial charge in [0.25, 0.3) is 11.5 Å². The van der Waals surface area contributed by atoms with E-state index in [1.807, 2.05) is 6.92 Å². The van der Waals surface area contributed by atoms with Crippen LogP contribution in [0.15, 0.2) is 23.5 Å². The smallest absolute Gasteiger partial charge is 0.263 e. The lowest BCUT2D eigenvalue weighted by atomic mass is 10.2. The van der Waals surface area contributed by atoms with Crippen LogP contribution in [-0.2, 0) is 4.74 Å². The normalized spacial score (nSPS) is 18.7. The van der Waals surface area contributed by atoms with Gasteiger partial charge < -0.3 is 19.6 Å². The molecule has 3 rings (SSSR count). The molecule has 0 aliphatic carbocycles. The van der Waals surface area contributed by atoms with Crippen molar-refractivity contribution in [2.45, 2.75) is 13.0 Å². The molecule has 8 heteroatoms. The number of rotatable bonds is 2. The van der Waals surface area contributed by atoms with Crippen LogP contribution in [0.5, 0.6) is 0 Å². The van der Waals surface area contributed by atoms with Crippen LogP contribution in [-0.4, -0.2) is 50.4 Å². The molecule has 0 saturated carbocycles. The van der Waals surface area contributed by atoms with Gasteiger partial charge in [-0.1, -0.05) is 0 Å². The maximum atomic E-state index is 12.4. The minimum atomic E-state index is -0.438. The van der Waals surface area contributed by atoms with Gasteiger partial charge in [-0.15, -0.1) is 0 Å². The zero-order valence-electron chi connectivity index (χ0n) is 11.5. The molecule has 0 radical (unpaired) electrons. The highest BCUT2D eigenvalue weighted by Crippen LogP contribution is 2.20. The van der Waals surface area contributed by atoms with Gasteiger partial charge in [0.15, 0.2) is 0 Å². The van der Waals surface area contributed by atoms with E-state index in [2.05, 4.69) is 19.9 Å². The number of amides is 1. The van der Waals surface area contributed by atoms with Crippen LogP contribution < -0.4 is 5.56 Å². The largest absolute Gasteiger partial charge is 0.367 e. The van der Waals surface area contributed by atoms with Crippen LogP contribution in [0.2, 0.25) is 0 Å². The number of hydrogen-bond donors (Lipinski definition) is 2. The highest BCUT2D eigenvalue weighted by Gasteiger charge is 2.28. The molecule has 1 amide bonds. The lowest BCUT2D eigenvalue weighted by Crippen LogP contribution is -2.44. The molecule has 21 heavy (non-hydrogen) atoms. The lowest BCUT2D eigenvalue weighted by molar-refractivity contribution is -0.0265. The van der Waals surface area contributed by atoms with Gasteiger partial charge in [0.05, 0.1) is 19.5 Å². The van der Waals surface area contributed by atoms with Gasteiger partial charge in [-0.3, -0.25) is 9.59 Å². The number of aromatic nitrogens is 4. The van der Waals surface area contributed by atoms with Crippen LogP contribution >= 0.6 is 0 Å². The summed E-state index contributed by atoms with van der Waals surface area (Å²) in [6, 6.07) is 0. The zero-order chi connectivity index (χ0) is 14.8. The number of imidazole rings is 1. The van der Waals surface area contributed by atoms with Gasteiger partial charge in [0.1, 0.15) is 17.5 Å². The summed E-state index contributed by atoms with van der Waals surface area (Å²) >= 11 is 0. The number of nitrogens with one attached hydrogen (secondary N) is 2. The number of nitrogens with zero attached hydrogens (tertiary/aromatic N) is 3. The van der Waals surface area contributed by atoms with Gasteiger partial charge in [0, 0.05) is 24.6 Å². The summed E-state index contributed by atoms with van der Waals surface area (Å²) in [6.45, 7) is 3.08. The molecule has 2 aromatic heterocycles. The predicted molar refractivity (Wildman–Crippen MR) is 72.8 cm³/mol. The standard InChI is InChI=1S/C13H15N5O3/c1-8-4-15-11(17-8)10-6-18(2-3-21-10)13(20)9-5-14-7-16-12(9)19/h4-5,7,10H,2-3,6H2,1H3,(H,15,17)(H,14,16,19). The second-order valence-corrected chi connectivity index (χ2v) is 4.86. The summed E-state index contributed by atoms with van der Waals surface area (Å²) in [5, 5.41) is 0. The van der Waals surface area contributed by atoms with Crippen molar-refractivity contribution in [1.82, 2.24) is 24.8 Å². The number of H-pyrrole nitrogens is 2. The SMILES string of the molecule is Cc1cnc(C2CN(C(=O)c3cnc[nH]c3=O)CCO2)[nH]1. The average Bonchev–Trinajstić information content (AvgIpc) is 2.94. The Hall–Kier alpha value is -2.48. The molecule has 1 saturated heterocycles. The Morgan fingerprint density at radius 1 is 1.48 bits per heavy atom. The Morgan fingerprint density at radius 2 is 2.33 bits per heavy atom. The van der Waals surface area contributed by atoms with E-state index in [0.29, 0.717) is 25.5 Å². The fourth-order valence-corrected chi connectivity index (χ4v) is 2.26. The number of aromatic amines is 2. The van der Waals surface area contributed by atoms with E-state index >= 15 is 0 Å². The van der Waals surface area contributed by atoms with Gasteiger partial charge in [-0.05, 0) is 6.92 Å². The first-order chi connectivity index (χ1) is 10.1. The van der Waals surface area contributed by atoms with E-state index < -0.39 is 5.56 Å². The van der Waals surface area contributed by atoms with Crippen molar-refractivity contribution in [2.75, 3.05) is 19.7 Å². The molecule has 0 spiro atoms. The maximum Gasteiger partial charge on any atom is 0.263 e. The maximum absolute atomic E-state index is 12.4. The molecule has 1 aliphatic heterocycles. The molecule has 1 atom stereocenters. The van der Waals surface area contributed by atoms with Gasteiger partial charge in [0.2, 0.25) is 0 Å². The minimum absolute atomic E-state index is 0.0359. The third-order valence-electron chi connectivity index (χ3n) is 3.33. The fraction of sp³-hybridized carbons (Fsp3) is 0.385. The van der Waals surface area contributed by atoms with Gasteiger partial charge in [-0.2, -0.15) is 0 Å². The fourth-order valence-electron chi connectivity index (χ4n) is 2.26. The van der Waals surface area contributed by atoms with Gasteiger partial charge >= 0.3 is 0 Å². The van der Waals surface area contributed by atoms with E-state index in [4.69, 9.17) is 4.74 Å². The number of aryl methyl sites for hydroxylation is 1. The quantitative estimate of drug-likeness (QED) is 0.810. The van der Waals surface area contributed by atoms with Crippen molar-refractivity contribution in [3.05, 3.63) is 46.2 Å². The monoisotopic (exact) mass is 289 g/mol. The Labute approximate surface area is 120 Å². The summed E-state index contributed by atoms with van der Waals surface area (Å²) in [7, 11) is 0. The molecule has 1 fully saturated rings. The summed E-state index contributed by atoms with van der Waals surface area (Å²) < 4.78 is 5.63. The summed E-state index contributed by atoms with van der Waals surface area (Å²) in [5.41, 5.74) is 0.529. The first-order valence-corrected chi connectivity index (χ1v) is 6.60. The minimum Gasteiger partial charge on any atom is -0.367 e. The second-order valence-electron chi connectivity index (χ2n) is 4.86. The van der Waals surface area contributed by atoms with Crippen molar-refractivity contribution < 1.29 is 9.53 Å². The van der Waals surface area contributed by atoms with E-state index in [1.54, 1.807) is 11.1 Å². The average molecular weight is 289 g/mol. The molecule has 110 valence electrons. The Morgan fingerprint density at radius 3 is 3.05 bits per heavy atom. The van der Waals surface area contributed by atoms with E-state index in [-0.39, 0.29) is 17.6 Å². The molecule has 1 aliphatic rings. The van der Waals surface area contributed by atoms with Crippen LogP contribution in [0.4, 0.5) is 0 Å². The topological polar surface area (TPSA) is 104 Å². The summed E-state index contributed by atoms with van der Waals surface area (Å²) in [5.74, 6) is 0.339.